The summed E-state index contributed by atoms with van der Waals surface area (Å²) in [5.41, 5.74) is 2.86. The number of aryl methyl sites for hydroxylation is 1. The summed E-state index contributed by atoms with van der Waals surface area (Å²) in [4.78, 5) is 0. The van der Waals surface area contributed by atoms with Crippen LogP contribution in [-0.2, 0) is 11.8 Å². The van der Waals surface area contributed by atoms with E-state index in [1.54, 1.807) is 6.07 Å². The van der Waals surface area contributed by atoms with Gasteiger partial charge in [-0.25, -0.2) is 8.78 Å². The molecule has 0 spiro atoms. The summed E-state index contributed by atoms with van der Waals surface area (Å²) in [5, 5.41) is 0. The highest BCUT2D eigenvalue weighted by Gasteiger charge is 2.21. The molecule has 2 heteroatoms. The Morgan fingerprint density at radius 2 is 1.80 bits per heavy atom. The molecule has 0 radical (unpaired) electrons. The van der Waals surface area contributed by atoms with Crippen LogP contribution in [0.2, 0.25) is 0 Å². The quantitative estimate of drug-likeness (QED) is 0.692. The van der Waals surface area contributed by atoms with Crippen LogP contribution in [0.15, 0.2) is 18.2 Å². The fourth-order valence-electron chi connectivity index (χ4n) is 2.14. The Balaban J connectivity index is 3.21. The molecule has 0 bridgehead atoms. The minimum absolute atomic E-state index is 0.0738. The predicted octanol–water partition coefficient (Wildman–Crippen LogP) is 4.10. The molecule has 0 aliphatic rings. The topological polar surface area (TPSA) is 0 Å². The van der Waals surface area contributed by atoms with Crippen molar-refractivity contribution >= 4 is 0 Å². The largest absolute Gasteiger partial charge is 0.242 e. The lowest BCUT2D eigenvalue weighted by atomic mass is 9.80. The zero-order chi connectivity index (χ0) is 11.6. The molecule has 1 aromatic carbocycles. The first-order chi connectivity index (χ1) is 6.82. The van der Waals surface area contributed by atoms with Gasteiger partial charge in [0.05, 0.1) is 0 Å². The molecule has 0 nitrogen and oxygen atoms in total. The van der Waals surface area contributed by atoms with Crippen LogP contribution < -0.4 is 0 Å². The Labute approximate surface area is 90.3 Å². The maximum absolute atomic E-state index is 12.4. The molecule has 1 rings (SSSR count). The van der Waals surface area contributed by atoms with Crippen molar-refractivity contribution in [3.8, 4) is 0 Å². The standard InChI is InChI=1S/C13H18F2/c1-9-6-5-7-10(8-11(14)15)12(9)13(2,3)4/h5-7,11H,8H2,1-4H3. The van der Waals surface area contributed by atoms with Gasteiger partial charge < -0.3 is 0 Å². The van der Waals surface area contributed by atoms with Crippen LogP contribution in [0, 0.1) is 6.92 Å². The third kappa shape index (κ3) is 3.01. The molecule has 0 heterocycles. The van der Waals surface area contributed by atoms with Crippen molar-refractivity contribution < 1.29 is 8.78 Å². The van der Waals surface area contributed by atoms with E-state index in [0.717, 1.165) is 16.7 Å². The number of hydrogen-bond donors (Lipinski definition) is 0. The Morgan fingerprint density at radius 1 is 1.20 bits per heavy atom. The smallest absolute Gasteiger partial charge is 0.210 e. The minimum atomic E-state index is -2.27. The summed E-state index contributed by atoms with van der Waals surface area (Å²) in [6.45, 7) is 8.16. The van der Waals surface area contributed by atoms with Crippen molar-refractivity contribution in [2.24, 2.45) is 0 Å². The molecule has 0 aliphatic heterocycles. The molecule has 0 saturated carbocycles. The van der Waals surface area contributed by atoms with Crippen molar-refractivity contribution in [3.05, 3.63) is 34.9 Å². The van der Waals surface area contributed by atoms with Gasteiger partial charge in [0.1, 0.15) is 0 Å². The van der Waals surface area contributed by atoms with E-state index in [0.29, 0.717) is 0 Å². The van der Waals surface area contributed by atoms with Crippen LogP contribution in [0.1, 0.15) is 37.5 Å². The minimum Gasteiger partial charge on any atom is -0.210 e. The zero-order valence-electron chi connectivity index (χ0n) is 9.77. The first kappa shape index (κ1) is 12.2. The summed E-state index contributed by atoms with van der Waals surface area (Å²) in [5.74, 6) is 0. The summed E-state index contributed by atoms with van der Waals surface area (Å²) in [6, 6.07) is 5.64. The normalized spacial score (nSPS) is 12.2. The van der Waals surface area contributed by atoms with Gasteiger partial charge >= 0.3 is 0 Å². The maximum atomic E-state index is 12.4. The highest BCUT2D eigenvalue weighted by molar-refractivity contribution is 5.39. The lowest BCUT2D eigenvalue weighted by molar-refractivity contribution is 0.148. The average molecular weight is 212 g/mol. The van der Waals surface area contributed by atoms with E-state index >= 15 is 0 Å². The van der Waals surface area contributed by atoms with Crippen LogP contribution in [0.3, 0.4) is 0 Å². The van der Waals surface area contributed by atoms with Crippen molar-refractivity contribution in [3.63, 3.8) is 0 Å². The fraction of sp³-hybridized carbons (Fsp3) is 0.538. The lowest BCUT2D eigenvalue weighted by Gasteiger charge is -2.25. The van der Waals surface area contributed by atoms with Crippen LogP contribution in [-0.4, -0.2) is 6.43 Å². The molecule has 0 fully saturated rings. The second kappa shape index (κ2) is 4.30. The molecule has 0 amide bonds. The molecule has 15 heavy (non-hydrogen) atoms. The van der Waals surface area contributed by atoms with E-state index in [2.05, 4.69) is 20.8 Å². The number of halogens is 2. The van der Waals surface area contributed by atoms with Gasteiger partial charge in [0, 0.05) is 6.42 Å². The molecule has 1 aromatic rings. The summed E-state index contributed by atoms with van der Waals surface area (Å²) >= 11 is 0. The number of alkyl halides is 2. The van der Waals surface area contributed by atoms with E-state index in [1.807, 2.05) is 19.1 Å². The van der Waals surface area contributed by atoms with Gasteiger partial charge in [-0.1, -0.05) is 39.0 Å². The van der Waals surface area contributed by atoms with E-state index in [-0.39, 0.29) is 11.8 Å². The van der Waals surface area contributed by atoms with Crippen LogP contribution in [0.5, 0.6) is 0 Å². The van der Waals surface area contributed by atoms with Gasteiger partial charge in [-0.2, -0.15) is 0 Å². The molecular weight excluding hydrogens is 194 g/mol. The SMILES string of the molecule is Cc1cccc(CC(F)F)c1C(C)(C)C. The molecule has 84 valence electrons. The number of rotatable bonds is 2. The van der Waals surface area contributed by atoms with E-state index in [4.69, 9.17) is 0 Å². The third-order valence-electron chi connectivity index (χ3n) is 2.48. The Kier molecular flexibility index (Phi) is 3.48. The molecule has 0 atom stereocenters. The van der Waals surface area contributed by atoms with Gasteiger partial charge in [0.2, 0.25) is 6.43 Å². The van der Waals surface area contributed by atoms with E-state index in [9.17, 15) is 8.78 Å². The van der Waals surface area contributed by atoms with Crippen molar-refractivity contribution in [2.45, 2.75) is 46.0 Å². The second-order valence-corrected chi connectivity index (χ2v) is 4.95. The van der Waals surface area contributed by atoms with Crippen LogP contribution in [0.4, 0.5) is 8.78 Å². The molecule has 0 aliphatic carbocycles. The van der Waals surface area contributed by atoms with Gasteiger partial charge in [0.25, 0.3) is 0 Å². The van der Waals surface area contributed by atoms with Gasteiger partial charge in [-0.05, 0) is 29.0 Å². The second-order valence-electron chi connectivity index (χ2n) is 4.95. The summed E-state index contributed by atoms with van der Waals surface area (Å²) < 4.78 is 24.8. The van der Waals surface area contributed by atoms with Crippen molar-refractivity contribution in [1.82, 2.24) is 0 Å². The molecule has 0 aromatic heterocycles. The summed E-state index contributed by atoms with van der Waals surface area (Å²) in [6.07, 6.45) is -2.42. The number of hydrogen-bond acceptors (Lipinski definition) is 0. The van der Waals surface area contributed by atoms with Gasteiger partial charge in [-0.3, -0.25) is 0 Å². The first-order valence-corrected chi connectivity index (χ1v) is 5.19. The van der Waals surface area contributed by atoms with Gasteiger partial charge in [-0.15, -0.1) is 0 Å². The maximum Gasteiger partial charge on any atom is 0.242 e. The zero-order valence-corrected chi connectivity index (χ0v) is 9.77. The lowest BCUT2D eigenvalue weighted by Crippen LogP contribution is -2.17. The molecular formula is C13H18F2. The van der Waals surface area contributed by atoms with Crippen molar-refractivity contribution in [1.29, 1.82) is 0 Å². The fourth-order valence-corrected chi connectivity index (χ4v) is 2.14. The van der Waals surface area contributed by atoms with E-state index in [1.165, 1.54) is 0 Å². The Hall–Kier alpha value is -0.920. The third-order valence-corrected chi connectivity index (χ3v) is 2.48. The Bertz CT molecular complexity index is 335. The molecule has 0 N–H and O–H groups in total. The van der Waals surface area contributed by atoms with E-state index < -0.39 is 6.43 Å². The average Bonchev–Trinajstić information content (AvgIpc) is 1.99. The van der Waals surface area contributed by atoms with Crippen LogP contribution in [0.25, 0.3) is 0 Å². The molecule has 0 saturated heterocycles. The summed E-state index contributed by atoms with van der Waals surface area (Å²) in [7, 11) is 0. The number of benzene rings is 1. The highest BCUT2D eigenvalue weighted by Crippen LogP contribution is 2.30. The van der Waals surface area contributed by atoms with Crippen molar-refractivity contribution in [2.75, 3.05) is 0 Å². The van der Waals surface area contributed by atoms with Crippen LogP contribution >= 0.6 is 0 Å². The highest BCUT2D eigenvalue weighted by atomic mass is 19.3. The first-order valence-electron chi connectivity index (χ1n) is 5.19. The van der Waals surface area contributed by atoms with Gasteiger partial charge in [0.15, 0.2) is 0 Å². The monoisotopic (exact) mass is 212 g/mol. The molecule has 0 unspecified atom stereocenters. The predicted molar refractivity (Wildman–Crippen MR) is 59.6 cm³/mol. The Morgan fingerprint density at radius 3 is 2.27 bits per heavy atom.